The molecule has 4 N–H and O–H groups in total. The molecule has 10 nitrogen and oxygen atoms in total. The summed E-state index contributed by atoms with van der Waals surface area (Å²) in [6.45, 7) is 9.70. The van der Waals surface area contributed by atoms with Crippen molar-refractivity contribution in [1.29, 1.82) is 0 Å². The van der Waals surface area contributed by atoms with Gasteiger partial charge >= 0.3 is 0 Å². The maximum atomic E-state index is 13.3. The molecule has 172 valence electrons. The van der Waals surface area contributed by atoms with Crippen molar-refractivity contribution < 1.29 is 18.3 Å². The van der Waals surface area contributed by atoms with E-state index in [1.807, 2.05) is 34.6 Å². The minimum Gasteiger partial charge on any atom is -0.505 e. The van der Waals surface area contributed by atoms with Crippen LogP contribution in [0.15, 0.2) is 32.3 Å². The Balaban J connectivity index is 2.30. The number of amides is 1. The molecule has 0 saturated heterocycles. The summed E-state index contributed by atoms with van der Waals surface area (Å²) in [4.78, 5) is 24.9. The molecule has 2 aromatic rings. The van der Waals surface area contributed by atoms with E-state index in [9.17, 15) is 23.1 Å². The third-order valence-corrected chi connectivity index (χ3v) is 6.34. The second-order valence-corrected chi connectivity index (χ2v) is 10.7. The topological polar surface area (TPSA) is 157 Å². The summed E-state index contributed by atoms with van der Waals surface area (Å²) in [6.07, 6.45) is 0.646. The van der Waals surface area contributed by atoms with Gasteiger partial charge in [-0.1, -0.05) is 40.7 Å². The van der Waals surface area contributed by atoms with Gasteiger partial charge in [0.05, 0.1) is 11.3 Å². The average Bonchev–Trinajstić information content (AvgIpc) is 2.65. The first-order valence-electron chi connectivity index (χ1n) is 10.1. The highest BCUT2D eigenvalue weighted by atomic mass is 32.2. The zero-order chi connectivity index (χ0) is 24.0. The molecule has 1 amide bonds. The number of aryl methyl sites for hydroxylation is 1. The molecule has 1 aromatic heterocycles. The first-order chi connectivity index (χ1) is 14.7. The van der Waals surface area contributed by atoms with Gasteiger partial charge in [0.2, 0.25) is 0 Å². The number of nitrogens with two attached hydrogens (primary N) is 1. The van der Waals surface area contributed by atoms with Crippen molar-refractivity contribution in [2.45, 2.75) is 57.9 Å². The molecule has 1 aliphatic rings. The third kappa shape index (κ3) is 4.24. The quantitative estimate of drug-likeness (QED) is 0.614. The fourth-order valence-electron chi connectivity index (χ4n) is 3.31. The number of aromatic nitrogens is 2. The number of nitrogens with zero attached hydrogens (tertiary/aromatic N) is 3. The van der Waals surface area contributed by atoms with Crippen LogP contribution in [0.1, 0.15) is 62.7 Å². The molecule has 0 atom stereocenters. The monoisotopic (exact) mass is 461 g/mol. The van der Waals surface area contributed by atoms with Gasteiger partial charge in [-0.25, -0.2) is 4.68 Å². The van der Waals surface area contributed by atoms with Gasteiger partial charge in [0, 0.05) is 12.0 Å². The van der Waals surface area contributed by atoms with Crippen LogP contribution in [0, 0.1) is 5.92 Å². The van der Waals surface area contributed by atoms with Crippen molar-refractivity contribution in [1.82, 2.24) is 9.78 Å². The maximum Gasteiger partial charge on any atom is 0.286 e. The van der Waals surface area contributed by atoms with Gasteiger partial charge in [-0.05, 0) is 24.5 Å². The molecule has 0 bridgehead atoms. The molecule has 32 heavy (non-hydrogen) atoms. The van der Waals surface area contributed by atoms with Gasteiger partial charge in [0.1, 0.15) is 16.2 Å². The van der Waals surface area contributed by atoms with Crippen LogP contribution in [0.5, 0.6) is 5.75 Å². The number of anilines is 1. The summed E-state index contributed by atoms with van der Waals surface area (Å²) in [5.41, 5.74) is 3.76. The van der Waals surface area contributed by atoms with Gasteiger partial charge in [-0.15, -0.1) is 4.40 Å². The molecular formula is C21H27N5O5S. The van der Waals surface area contributed by atoms with Crippen molar-refractivity contribution in [2.24, 2.45) is 16.0 Å². The Morgan fingerprint density at radius 2 is 1.94 bits per heavy atom. The van der Waals surface area contributed by atoms with Gasteiger partial charge < -0.3 is 16.2 Å². The van der Waals surface area contributed by atoms with Gasteiger partial charge in [-0.3, -0.25) is 9.59 Å². The van der Waals surface area contributed by atoms with Crippen LogP contribution in [0.25, 0.3) is 0 Å². The van der Waals surface area contributed by atoms with E-state index in [-0.39, 0.29) is 45.7 Å². The molecule has 0 fully saturated rings. The lowest BCUT2D eigenvalue weighted by atomic mass is 9.90. The predicted molar refractivity (Wildman–Crippen MR) is 121 cm³/mol. The van der Waals surface area contributed by atoms with Crippen molar-refractivity contribution >= 4 is 27.5 Å². The van der Waals surface area contributed by atoms with E-state index >= 15 is 0 Å². The fraction of sp³-hybridized carbons (Fsp3) is 0.429. The van der Waals surface area contributed by atoms with E-state index in [2.05, 4.69) is 14.8 Å². The molecule has 0 saturated carbocycles. The highest BCUT2D eigenvalue weighted by Crippen LogP contribution is 2.35. The predicted octanol–water partition coefficient (Wildman–Crippen LogP) is 1.95. The standard InChI is InChI=1S/C21H27N5O5S/c1-11(2)9-10-26-20(29)14(16(27)17(24-26)21(3,4)5)19-23-15-12(18(22)28)7-6-8-13(15)32(30,31)25-19/h6-8,11,27H,9-10H2,1-5H3,(H2,22,28)(H,23,25). The summed E-state index contributed by atoms with van der Waals surface area (Å²) in [5.74, 6) is -1.42. The van der Waals surface area contributed by atoms with E-state index in [0.29, 0.717) is 6.42 Å². The molecule has 0 unspecified atom stereocenters. The Labute approximate surface area is 186 Å². The first-order valence-corrected chi connectivity index (χ1v) is 11.6. The summed E-state index contributed by atoms with van der Waals surface area (Å²) >= 11 is 0. The van der Waals surface area contributed by atoms with Gasteiger partial charge in [0.25, 0.3) is 21.5 Å². The molecule has 0 radical (unpaired) electrons. The number of sulfonamides is 1. The fourth-order valence-corrected chi connectivity index (χ4v) is 4.46. The van der Waals surface area contributed by atoms with Crippen LogP contribution in [-0.2, 0) is 22.0 Å². The Morgan fingerprint density at radius 3 is 2.50 bits per heavy atom. The lowest BCUT2D eigenvalue weighted by Gasteiger charge is -2.24. The van der Waals surface area contributed by atoms with E-state index in [4.69, 9.17) is 5.73 Å². The lowest BCUT2D eigenvalue weighted by molar-refractivity contribution is 0.100. The number of fused-ring (bicyclic) bond motifs is 1. The maximum absolute atomic E-state index is 13.3. The number of primary amides is 1. The van der Waals surface area contributed by atoms with Crippen LogP contribution in [0.4, 0.5) is 5.69 Å². The summed E-state index contributed by atoms with van der Waals surface area (Å²) in [5, 5.41) is 18.1. The van der Waals surface area contributed by atoms with Gasteiger partial charge in [-0.2, -0.15) is 13.5 Å². The molecule has 11 heteroatoms. The Hall–Kier alpha value is -3.21. The number of aromatic hydroxyl groups is 1. The van der Waals surface area contributed by atoms with Crippen molar-refractivity contribution in [3.05, 3.63) is 45.4 Å². The molecule has 3 rings (SSSR count). The first kappa shape index (κ1) is 23.5. The number of benzene rings is 1. The highest BCUT2D eigenvalue weighted by Gasteiger charge is 2.34. The number of rotatable bonds is 5. The van der Waals surface area contributed by atoms with Crippen LogP contribution in [0.2, 0.25) is 0 Å². The number of carbonyl (C=O) groups is 1. The molecule has 0 aliphatic carbocycles. The summed E-state index contributed by atoms with van der Waals surface area (Å²) in [7, 11) is -4.28. The number of nitrogens with one attached hydrogen (secondary N) is 1. The normalized spacial score (nSPS) is 15.1. The van der Waals surface area contributed by atoms with E-state index in [1.165, 1.54) is 22.9 Å². The molecule has 1 aliphatic heterocycles. The van der Waals surface area contributed by atoms with Crippen LogP contribution < -0.4 is 16.6 Å². The van der Waals surface area contributed by atoms with Crippen LogP contribution in [0.3, 0.4) is 0 Å². The minimum absolute atomic E-state index is 0.0804. The van der Waals surface area contributed by atoms with E-state index in [0.717, 1.165) is 0 Å². The Kier molecular flexibility index (Phi) is 5.90. The zero-order valence-corrected chi connectivity index (χ0v) is 19.4. The van der Waals surface area contributed by atoms with Crippen molar-refractivity contribution in [3.8, 4) is 5.75 Å². The SMILES string of the molecule is CC(C)CCn1nc(C(C)(C)C)c(O)c(C2=NS(=O)(=O)c3cccc(C(N)=O)c3N2)c1=O. The number of amidine groups is 1. The largest absolute Gasteiger partial charge is 0.505 e. The average molecular weight is 462 g/mol. The minimum atomic E-state index is -4.28. The van der Waals surface area contributed by atoms with Crippen molar-refractivity contribution in [2.75, 3.05) is 5.32 Å². The third-order valence-electron chi connectivity index (χ3n) is 5.02. The Morgan fingerprint density at radius 1 is 1.28 bits per heavy atom. The summed E-state index contributed by atoms with van der Waals surface area (Å²) < 4.78 is 30.6. The highest BCUT2D eigenvalue weighted by molar-refractivity contribution is 7.90. The molecule has 1 aromatic carbocycles. The lowest BCUT2D eigenvalue weighted by Crippen LogP contribution is -2.36. The van der Waals surface area contributed by atoms with E-state index in [1.54, 1.807) is 0 Å². The number of para-hydroxylation sites is 1. The van der Waals surface area contributed by atoms with Crippen LogP contribution in [-0.4, -0.2) is 35.0 Å². The van der Waals surface area contributed by atoms with Crippen LogP contribution >= 0.6 is 0 Å². The number of hydrogen-bond acceptors (Lipinski definition) is 7. The van der Waals surface area contributed by atoms with Gasteiger partial charge in [0.15, 0.2) is 11.6 Å². The number of hydrogen-bond donors (Lipinski definition) is 3. The molecule has 2 heterocycles. The molecular weight excluding hydrogens is 434 g/mol. The molecule has 0 spiro atoms. The summed E-state index contributed by atoms with van der Waals surface area (Å²) in [6, 6.07) is 4.01. The second kappa shape index (κ2) is 8.05. The van der Waals surface area contributed by atoms with E-state index < -0.39 is 32.7 Å². The Bertz CT molecular complexity index is 1290. The second-order valence-electron chi connectivity index (χ2n) is 9.12. The zero-order valence-electron chi connectivity index (χ0n) is 18.6. The number of carbonyl (C=O) groups excluding carboxylic acids is 1. The van der Waals surface area contributed by atoms with Crippen molar-refractivity contribution in [3.63, 3.8) is 0 Å². The smallest absolute Gasteiger partial charge is 0.286 e.